The van der Waals surface area contributed by atoms with E-state index >= 15 is 0 Å². The van der Waals surface area contributed by atoms with Crippen LogP contribution >= 0.6 is 11.6 Å². The number of aromatic nitrogens is 1. The van der Waals surface area contributed by atoms with Crippen molar-refractivity contribution >= 4 is 29.5 Å². The van der Waals surface area contributed by atoms with Crippen LogP contribution in [0.2, 0.25) is 5.02 Å². The molecule has 25 heavy (non-hydrogen) atoms. The zero-order valence-electron chi connectivity index (χ0n) is 13.4. The van der Waals surface area contributed by atoms with Gasteiger partial charge in [-0.05, 0) is 54.6 Å². The van der Waals surface area contributed by atoms with Crippen LogP contribution in [0.15, 0.2) is 65.8 Å². The fourth-order valence-corrected chi connectivity index (χ4v) is 2.52. The maximum Gasteiger partial charge on any atom is 0.335 e. The third kappa shape index (κ3) is 3.72. The molecule has 0 bridgehead atoms. The maximum absolute atomic E-state index is 11.1. The summed E-state index contributed by atoms with van der Waals surface area (Å²) in [5.74, 6) is -0.238. The van der Waals surface area contributed by atoms with Gasteiger partial charge in [-0.3, -0.25) is 4.99 Å². The summed E-state index contributed by atoms with van der Waals surface area (Å²) in [5.41, 5.74) is 2.34. The number of carboxylic acid groups (broad SMARTS) is 1. The predicted octanol–water partition coefficient (Wildman–Crippen LogP) is 4.59. The molecule has 1 heterocycles. The molecule has 0 saturated heterocycles. The van der Waals surface area contributed by atoms with E-state index in [2.05, 4.69) is 4.99 Å². The summed E-state index contributed by atoms with van der Waals surface area (Å²) in [7, 11) is 1.62. The number of carboxylic acids is 1. The predicted molar refractivity (Wildman–Crippen MR) is 98.0 cm³/mol. The first-order valence-electron chi connectivity index (χ1n) is 7.47. The number of aromatic carboxylic acids is 1. The zero-order valence-corrected chi connectivity index (χ0v) is 14.1. The largest absolute Gasteiger partial charge is 0.497 e. The van der Waals surface area contributed by atoms with Crippen LogP contribution in [0.1, 0.15) is 16.1 Å². The Kier molecular flexibility index (Phi) is 4.86. The quantitative estimate of drug-likeness (QED) is 0.681. The van der Waals surface area contributed by atoms with Crippen molar-refractivity contribution in [3.63, 3.8) is 0 Å². The van der Waals surface area contributed by atoms with Crippen LogP contribution in [0.25, 0.3) is 5.69 Å². The van der Waals surface area contributed by atoms with Gasteiger partial charge in [0.15, 0.2) is 0 Å². The number of ether oxygens (including phenoxy) is 1. The molecule has 0 radical (unpaired) electrons. The van der Waals surface area contributed by atoms with Crippen LogP contribution in [0, 0.1) is 0 Å². The van der Waals surface area contributed by atoms with Crippen molar-refractivity contribution in [1.82, 2.24) is 4.57 Å². The van der Waals surface area contributed by atoms with Crippen molar-refractivity contribution < 1.29 is 14.6 Å². The third-order valence-corrected chi connectivity index (χ3v) is 3.98. The molecule has 0 aliphatic rings. The molecular weight excluding hydrogens is 340 g/mol. The number of carbonyl (C=O) groups is 1. The lowest BCUT2D eigenvalue weighted by molar-refractivity contribution is 0.0697. The highest BCUT2D eigenvalue weighted by molar-refractivity contribution is 6.33. The second-order valence-corrected chi connectivity index (χ2v) is 5.64. The van der Waals surface area contributed by atoms with E-state index in [-0.39, 0.29) is 5.56 Å². The second-order valence-electron chi connectivity index (χ2n) is 5.23. The Morgan fingerprint density at radius 1 is 1.20 bits per heavy atom. The van der Waals surface area contributed by atoms with Gasteiger partial charge in [0.05, 0.1) is 35.3 Å². The molecule has 0 saturated carbocycles. The monoisotopic (exact) mass is 354 g/mol. The van der Waals surface area contributed by atoms with Gasteiger partial charge in [0.2, 0.25) is 0 Å². The van der Waals surface area contributed by atoms with Crippen molar-refractivity contribution in [1.29, 1.82) is 0 Å². The highest BCUT2D eigenvalue weighted by atomic mass is 35.5. The van der Waals surface area contributed by atoms with Crippen molar-refractivity contribution in [2.45, 2.75) is 0 Å². The third-order valence-electron chi connectivity index (χ3n) is 3.66. The standard InChI is InChI=1S/C19H15ClN2O3/c1-25-16-7-5-14(6-8-16)22-10-2-3-15(22)12-21-18-11-13(19(23)24)4-9-17(18)20/h2-12H,1H3,(H,23,24). The fraction of sp³-hybridized carbons (Fsp3) is 0.0526. The average Bonchev–Trinajstić information content (AvgIpc) is 3.09. The lowest BCUT2D eigenvalue weighted by Crippen LogP contribution is -1.98. The average molecular weight is 355 g/mol. The van der Waals surface area contributed by atoms with Crippen LogP contribution in [0.3, 0.4) is 0 Å². The summed E-state index contributed by atoms with van der Waals surface area (Å²) < 4.78 is 7.12. The SMILES string of the molecule is COc1ccc(-n2cccc2C=Nc2cc(C(=O)O)ccc2Cl)cc1. The first kappa shape index (κ1) is 16.8. The summed E-state index contributed by atoms with van der Waals surface area (Å²) >= 11 is 6.10. The van der Waals surface area contributed by atoms with E-state index in [1.54, 1.807) is 13.3 Å². The molecule has 126 valence electrons. The topological polar surface area (TPSA) is 63.8 Å². The van der Waals surface area contributed by atoms with Crippen molar-refractivity contribution in [3.8, 4) is 11.4 Å². The number of hydrogen-bond donors (Lipinski definition) is 1. The van der Waals surface area contributed by atoms with Crippen molar-refractivity contribution in [3.05, 3.63) is 77.1 Å². The molecule has 0 aliphatic heterocycles. The first-order chi connectivity index (χ1) is 12.1. The van der Waals surface area contributed by atoms with Crippen LogP contribution in [0.4, 0.5) is 5.69 Å². The minimum Gasteiger partial charge on any atom is -0.497 e. The lowest BCUT2D eigenvalue weighted by Gasteiger charge is -2.07. The molecule has 0 spiro atoms. The molecule has 0 amide bonds. The Balaban J connectivity index is 1.92. The molecule has 0 atom stereocenters. The van der Waals surface area contributed by atoms with Crippen LogP contribution in [0.5, 0.6) is 5.75 Å². The molecular formula is C19H15ClN2O3. The van der Waals surface area contributed by atoms with E-state index < -0.39 is 5.97 Å². The molecule has 3 aromatic rings. The van der Waals surface area contributed by atoms with Gasteiger partial charge in [0.1, 0.15) is 5.75 Å². The number of aliphatic imine (C=N–C) groups is 1. The van der Waals surface area contributed by atoms with Crippen LogP contribution in [-0.2, 0) is 0 Å². The van der Waals surface area contributed by atoms with Crippen molar-refractivity contribution in [2.75, 3.05) is 7.11 Å². The number of hydrogen-bond acceptors (Lipinski definition) is 3. The van der Waals surface area contributed by atoms with Gasteiger partial charge in [-0.2, -0.15) is 0 Å². The maximum atomic E-state index is 11.1. The van der Waals surface area contributed by atoms with Gasteiger partial charge in [-0.25, -0.2) is 4.79 Å². The first-order valence-corrected chi connectivity index (χ1v) is 7.85. The Hall–Kier alpha value is -3.05. The van der Waals surface area contributed by atoms with E-state index in [0.29, 0.717) is 10.7 Å². The van der Waals surface area contributed by atoms with Gasteiger partial charge >= 0.3 is 5.97 Å². The highest BCUT2D eigenvalue weighted by Gasteiger charge is 2.07. The minimum absolute atomic E-state index is 0.141. The lowest BCUT2D eigenvalue weighted by atomic mass is 10.2. The molecule has 2 aromatic carbocycles. The van der Waals surface area contributed by atoms with E-state index in [1.165, 1.54) is 18.2 Å². The summed E-state index contributed by atoms with van der Waals surface area (Å²) in [6, 6.07) is 15.9. The number of halogens is 1. The van der Waals surface area contributed by atoms with E-state index in [0.717, 1.165) is 17.1 Å². The summed E-state index contributed by atoms with van der Waals surface area (Å²) in [6.45, 7) is 0. The fourth-order valence-electron chi connectivity index (χ4n) is 2.36. The number of methoxy groups -OCH3 is 1. The Bertz CT molecular complexity index is 930. The Morgan fingerprint density at radius 2 is 1.96 bits per heavy atom. The normalized spacial score (nSPS) is 11.0. The molecule has 0 unspecified atom stereocenters. The van der Waals surface area contributed by atoms with Gasteiger partial charge < -0.3 is 14.4 Å². The highest BCUT2D eigenvalue weighted by Crippen LogP contribution is 2.26. The number of benzene rings is 2. The van der Waals surface area contributed by atoms with Crippen molar-refractivity contribution in [2.24, 2.45) is 4.99 Å². The molecule has 1 aromatic heterocycles. The van der Waals surface area contributed by atoms with Gasteiger partial charge in [-0.15, -0.1) is 0 Å². The van der Waals surface area contributed by atoms with E-state index in [4.69, 9.17) is 21.4 Å². The van der Waals surface area contributed by atoms with Crippen LogP contribution in [-0.4, -0.2) is 29.0 Å². The minimum atomic E-state index is -1.02. The Labute approximate surface area is 149 Å². The number of nitrogens with zero attached hydrogens (tertiary/aromatic N) is 2. The van der Waals surface area contributed by atoms with Gasteiger partial charge in [0, 0.05) is 11.9 Å². The van der Waals surface area contributed by atoms with Gasteiger partial charge in [-0.1, -0.05) is 11.6 Å². The molecule has 0 fully saturated rings. The van der Waals surface area contributed by atoms with E-state index in [9.17, 15) is 4.79 Å². The van der Waals surface area contributed by atoms with Gasteiger partial charge in [0.25, 0.3) is 0 Å². The molecule has 0 aliphatic carbocycles. The zero-order chi connectivity index (χ0) is 17.8. The molecule has 5 nitrogen and oxygen atoms in total. The summed E-state index contributed by atoms with van der Waals surface area (Å²) in [5, 5.41) is 9.47. The number of rotatable bonds is 5. The van der Waals surface area contributed by atoms with E-state index in [1.807, 2.05) is 47.2 Å². The Morgan fingerprint density at radius 3 is 2.64 bits per heavy atom. The summed E-state index contributed by atoms with van der Waals surface area (Å²) in [6.07, 6.45) is 3.56. The van der Waals surface area contributed by atoms with Crippen LogP contribution < -0.4 is 4.74 Å². The smallest absolute Gasteiger partial charge is 0.335 e. The molecule has 3 rings (SSSR count). The molecule has 6 heteroatoms. The molecule has 1 N–H and O–H groups in total. The second kappa shape index (κ2) is 7.23. The summed E-state index contributed by atoms with van der Waals surface area (Å²) in [4.78, 5) is 15.4.